The van der Waals surface area contributed by atoms with Crippen molar-refractivity contribution in [1.82, 2.24) is 15.2 Å². The zero-order valence-corrected chi connectivity index (χ0v) is 20.3. The summed E-state index contributed by atoms with van der Waals surface area (Å²) in [6.07, 6.45) is 0.701. The monoisotopic (exact) mass is 463 g/mol. The highest BCUT2D eigenvalue weighted by molar-refractivity contribution is 7.18. The van der Waals surface area contributed by atoms with E-state index >= 15 is 0 Å². The zero-order valence-electron chi connectivity index (χ0n) is 19.4. The minimum atomic E-state index is -0.961. The van der Waals surface area contributed by atoms with Crippen LogP contribution in [-0.4, -0.2) is 48.0 Å². The van der Waals surface area contributed by atoms with Crippen LogP contribution in [0.1, 0.15) is 35.0 Å². The van der Waals surface area contributed by atoms with Crippen LogP contribution < -0.4 is 5.32 Å². The van der Waals surface area contributed by atoms with Crippen LogP contribution in [0.4, 0.5) is 0 Å². The van der Waals surface area contributed by atoms with Crippen molar-refractivity contribution in [3.8, 4) is 11.8 Å². The Kier molecular flexibility index (Phi) is 7.85. The molecule has 3 aromatic rings. The molecule has 1 aromatic heterocycles. The van der Waals surface area contributed by atoms with Gasteiger partial charge in [-0.2, -0.15) is 0 Å². The van der Waals surface area contributed by atoms with Crippen molar-refractivity contribution >= 4 is 33.4 Å². The number of thiazole rings is 1. The molecule has 0 fully saturated rings. The smallest absolute Gasteiger partial charge is 0.304 e. The number of aromatic nitrogens is 1. The summed E-state index contributed by atoms with van der Waals surface area (Å²) in [4.78, 5) is 31.1. The average Bonchev–Trinajstić information content (AvgIpc) is 3.32. The van der Waals surface area contributed by atoms with Gasteiger partial charge in [-0.05, 0) is 70.2 Å². The lowest BCUT2D eigenvalue weighted by molar-refractivity contribution is -0.145. The molecular weight excluding hydrogens is 434 g/mol. The lowest BCUT2D eigenvalue weighted by atomic mass is 9.80. The van der Waals surface area contributed by atoms with Gasteiger partial charge in [0.1, 0.15) is 5.01 Å². The number of hydrogen-bond donors (Lipinski definition) is 2. The van der Waals surface area contributed by atoms with Gasteiger partial charge in [-0.15, -0.1) is 17.3 Å². The third-order valence-corrected chi connectivity index (χ3v) is 6.27. The summed E-state index contributed by atoms with van der Waals surface area (Å²) in [6, 6.07) is 13.6. The molecular formula is C26H29N3O3S. The minimum Gasteiger partial charge on any atom is -0.481 e. The number of carboxylic acid groups (broad SMARTS) is 1. The second-order valence-electron chi connectivity index (χ2n) is 8.66. The van der Waals surface area contributed by atoms with Crippen LogP contribution in [-0.2, 0) is 29.0 Å². The molecule has 0 unspecified atom stereocenters. The van der Waals surface area contributed by atoms with Crippen molar-refractivity contribution < 1.29 is 14.7 Å². The highest BCUT2D eigenvalue weighted by Gasteiger charge is 2.45. The molecule has 1 aliphatic rings. The fraction of sp³-hybridized carbons (Fsp3) is 0.346. The number of carbonyl (C=O) groups excluding carboxylic acids is 1. The molecule has 0 radical (unpaired) electrons. The van der Waals surface area contributed by atoms with Crippen molar-refractivity contribution in [3.05, 3.63) is 64.2 Å². The largest absolute Gasteiger partial charge is 0.481 e. The fourth-order valence-corrected chi connectivity index (χ4v) is 4.91. The second kappa shape index (κ2) is 10.6. The van der Waals surface area contributed by atoms with E-state index in [-0.39, 0.29) is 18.9 Å². The van der Waals surface area contributed by atoms with Gasteiger partial charge in [0, 0.05) is 5.56 Å². The third-order valence-electron chi connectivity index (χ3n) is 5.25. The average molecular weight is 464 g/mol. The Morgan fingerprint density at radius 3 is 2.36 bits per heavy atom. The SMILES string of the molecule is CC#Cc1ccc2nc(CNC(=O)C3(CC(=O)O)Cc4ccccc4C3)sc2c1.CN(C)C. The first-order valence-electron chi connectivity index (χ1n) is 10.7. The first-order valence-corrected chi connectivity index (χ1v) is 11.5. The van der Waals surface area contributed by atoms with Crippen molar-refractivity contribution in [2.75, 3.05) is 21.1 Å². The Labute approximate surface area is 198 Å². The van der Waals surface area contributed by atoms with Crippen molar-refractivity contribution in [2.24, 2.45) is 5.41 Å². The van der Waals surface area contributed by atoms with Gasteiger partial charge in [0.25, 0.3) is 0 Å². The number of fused-ring (bicyclic) bond motifs is 2. The molecule has 0 bridgehead atoms. The van der Waals surface area contributed by atoms with E-state index < -0.39 is 11.4 Å². The molecule has 0 saturated heterocycles. The van der Waals surface area contributed by atoms with Crippen LogP contribution in [0, 0.1) is 17.3 Å². The normalized spacial score (nSPS) is 13.5. The van der Waals surface area contributed by atoms with Crippen molar-refractivity contribution in [1.29, 1.82) is 0 Å². The fourth-order valence-electron chi connectivity index (χ4n) is 3.96. The number of aliphatic carboxylic acids is 1. The predicted molar refractivity (Wildman–Crippen MR) is 132 cm³/mol. The van der Waals surface area contributed by atoms with Crippen LogP contribution in [0.3, 0.4) is 0 Å². The van der Waals surface area contributed by atoms with E-state index in [4.69, 9.17) is 0 Å². The standard InChI is InChI=1S/C23H20N2O3S.C3H9N/c1-2-5-15-8-9-18-19(10-15)29-20(25-18)14-24-22(28)23(13-21(26)27)11-16-6-3-4-7-17(16)12-23;1-4(2)3/h3-4,6-10H,11-14H2,1H3,(H,24,28)(H,26,27);1-3H3. The topological polar surface area (TPSA) is 82.5 Å². The first-order chi connectivity index (χ1) is 15.7. The van der Waals surface area contributed by atoms with Gasteiger partial charge in [-0.3, -0.25) is 9.59 Å². The molecule has 0 atom stereocenters. The van der Waals surface area contributed by atoms with E-state index in [1.165, 1.54) is 11.3 Å². The third kappa shape index (κ3) is 6.19. The summed E-state index contributed by atoms with van der Waals surface area (Å²) >= 11 is 1.51. The zero-order chi connectivity index (χ0) is 24.0. The van der Waals surface area contributed by atoms with Crippen molar-refractivity contribution in [2.45, 2.75) is 32.7 Å². The molecule has 1 heterocycles. The van der Waals surface area contributed by atoms with Crippen molar-refractivity contribution in [3.63, 3.8) is 0 Å². The van der Waals surface area contributed by atoms with E-state index in [1.807, 2.05) is 68.5 Å². The molecule has 6 nitrogen and oxygen atoms in total. The van der Waals surface area contributed by atoms with E-state index in [0.717, 1.165) is 31.9 Å². The van der Waals surface area contributed by atoms with Gasteiger partial charge >= 0.3 is 5.97 Å². The van der Waals surface area contributed by atoms with Crippen LogP contribution in [0.15, 0.2) is 42.5 Å². The maximum absolute atomic E-state index is 13.1. The van der Waals surface area contributed by atoms with E-state index in [2.05, 4.69) is 22.1 Å². The molecule has 2 N–H and O–H groups in total. The molecule has 4 rings (SSSR count). The maximum atomic E-state index is 13.1. The Morgan fingerprint density at radius 2 is 1.79 bits per heavy atom. The first kappa shape index (κ1) is 24.4. The summed E-state index contributed by atoms with van der Waals surface area (Å²) in [5.74, 6) is 4.73. The number of nitrogens with one attached hydrogen (secondary N) is 1. The number of amides is 1. The molecule has 7 heteroatoms. The molecule has 2 aromatic carbocycles. The summed E-state index contributed by atoms with van der Waals surface area (Å²) in [5.41, 5.74) is 2.95. The van der Waals surface area contributed by atoms with Gasteiger partial charge in [0.15, 0.2) is 0 Å². The number of carbonyl (C=O) groups is 2. The van der Waals surface area contributed by atoms with Crippen LogP contribution in [0.25, 0.3) is 10.2 Å². The summed E-state index contributed by atoms with van der Waals surface area (Å²) in [7, 11) is 6.00. The van der Waals surface area contributed by atoms with E-state index in [9.17, 15) is 14.7 Å². The Morgan fingerprint density at radius 1 is 1.15 bits per heavy atom. The lowest BCUT2D eigenvalue weighted by Gasteiger charge is -2.25. The van der Waals surface area contributed by atoms with E-state index in [0.29, 0.717) is 12.8 Å². The van der Waals surface area contributed by atoms with Gasteiger partial charge in [-0.1, -0.05) is 30.2 Å². The molecule has 1 aliphatic carbocycles. The summed E-state index contributed by atoms with van der Waals surface area (Å²) in [6.45, 7) is 2.08. The predicted octanol–water partition coefficient (Wildman–Crippen LogP) is 3.72. The van der Waals surface area contributed by atoms with Gasteiger partial charge in [0.05, 0.1) is 28.6 Å². The van der Waals surface area contributed by atoms with Gasteiger partial charge in [-0.25, -0.2) is 4.98 Å². The molecule has 172 valence electrons. The molecule has 1 amide bonds. The minimum absolute atomic E-state index is 0.188. The number of nitrogens with zero attached hydrogens (tertiary/aromatic N) is 2. The highest BCUT2D eigenvalue weighted by Crippen LogP contribution is 2.40. The van der Waals surface area contributed by atoms with Gasteiger partial charge in [0.2, 0.25) is 5.91 Å². The summed E-state index contributed by atoms with van der Waals surface area (Å²) < 4.78 is 1.02. The maximum Gasteiger partial charge on any atom is 0.304 e. The van der Waals surface area contributed by atoms with Gasteiger partial charge < -0.3 is 15.3 Å². The number of hydrogen-bond acceptors (Lipinski definition) is 5. The Balaban J connectivity index is 0.000000709. The molecule has 0 saturated carbocycles. The van der Waals surface area contributed by atoms with E-state index in [1.54, 1.807) is 6.92 Å². The van der Waals surface area contributed by atoms with Crippen LogP contribution in [0.5, 0.6) is 0 Å². The summed E-state index contributed by atoms with van der Waals surface area (Å²) in [5, 5.41) is 13.1. The Bertz CT molecular complexity index is 1190. The molecule has 0 aliphatic heterocycles. The second-order valence-corrected chi connectivity index (χ2v) is 9.78. The molecule has 33 heavy (non-hydrogen) atoms. The van der Waals surface area contributed by atoms with Crippen LogP contribution in [0.2, 0.25) is 0 Å². The number of rotatable bonds is 5. The van der Waals surface area contributed by atoms with Crippen LogP contribution >= 0.6 is 11.3 Å². The quantitative estimate of drug-likeness (QED) is 0.564. The highest BCUT2D eigenvalue weighted by atomic mass is 32.1. The number of benzene rings is 2. The lowest BCUT2D eigenvalue weighted by Crippen LogP contribution is -2.43. The molecule has 0 spiro atoms. The number of carboxylic acids is 1. The Hall–Kier alpha value is -3.21.